The van der Waals surface area contributed by atoms with E-state index in [2.05, 4.69) is 0 Å². The van der Waals surface area contributed by atoms with Crippen LogP contribution in [0.2, 0.25) is 10.0 Å². The summed E-state index contributed by atoms with van der Waals surface area (Å²) < 4.78 is 5.07. The highest BCUT2D eigenvalue weighted by atomic mass is 35.5. The molecule has 0 bridgehead atoms. The predicted molar refractivity (Wildman–Crippen MR) is 96.9 cm³/mol. The number of esters is 1. The van der Waals surface area contributed by atoms with Crippen LogP contribution >= 0.6 is 34.8 Å². The van der Waals surface area contributed by atoms with E-state index < -0.39 is 11.3 Å². The number of halogens is 3. The molecule has 23 heavy (non-hydrogen) atoms. The third kappa shape index (κ3) is 5.27. The first-order chi connectivity index (χ1) is 11.0. The van der Waals surface area contributed by atoms with Crippen molar-refractivity contribution in [1.82, 2.24) is 0 Å². The van der Waals surface area contributed by atoms with Gasteiger partial charge >= 0.3 is 5.97 Å². The van der Waals surface area contributed by atoms with Gasteiger partial charge in [0.1, 0.15) is 5.38 Å². The molecule has 128 valence electrons. The Bertz CT molecular complexity index is 516. The molecule has 0 saturated heterocycles. The molecule has 1 fully saturated rings. The standard InChI is InChI=1S/C18H23Cl3O2/c1-2-8-23-18(22)16(21)11-12-9-14(19)17(15(20)10-12)13-6-4-3-5-7-13/h9-10,13,16H,2-8,11H2,1H3. The summed E-state index contributed by atoms with van der Waals surface area (Å²) in [5.74, 6) is 0.0521. The molecule has 1 saturated carbocycles. The number of hydrogen-bond acceptors (Lipinski definition) is 2. The second-order valence-corrected chi connectivity index (χ2v) is 7.49. The van der Waals surface area contributed by atoms with E-state index in [-0.39, 0.29) is 0 Å². The predicted octanol–water partition coefficient (Wildman–Crippen LogP) is 6.14. The zero-order chi connectivity index (χ0) is 16.8. The van der Waals surface area contributed by atoms with Crippen molar-refractivity contribution in [1.29, 1.82) is 0 Å². The summed E-state index contributed by atoms with van der Waals surface area (Å²) in [4.78, 5) is 11.8. The Morgan fingerprint density at radius 2 is 1.83 bits per heavy atom. The largest absolute Gasteiger partial charge is 0.465 e. The Labute approximate surface area is 153 Å². The average molecular weight is 378 g/mol. The topological polar surface area (TPSA) is 26.3 Å². The molecule has 0 radical (unpaired) electrons. The molecule has 0 aromatic heterocycles. The Kier molecular flexibility index (Phi) is 7.52. The number of alkyl halides is 1. The van der Waals surface area contributed by atoms with Gasteiger partial charge in [0, 0.05) is 10.0 Å². The van der Waals surface area contributed by atoms with Crippen molar-refractivity contribution < 1.29 is 9.53 Å². The van der Waals surface area contributed by atoms with Gasteiger partial charge in [-0.1, -0.05) is 49.4 Å². The maximum Gasteiger partial charge on any atom is 0.324 e. The van der Waals surface area contributed by atoms with Crippen molar-refractivity contribution >= 4 is 40.8 Å². The molecule has 0 spiro atoms. The zero-order valence-corrected chi connectivity index (χ0v) is 15.7. The zero-order valence-electron chi connectivity index (χ0n) is 13.4. The molecule has 1 aromatic carbocycles. The Morgan fingerprint density at radius 3 is 2.39 bits per heavy atom. The van der Waals surface area contributed by atoms with Crippen molar-refractivity contribution in [2.75, 3.05) is 6.61 Å². The van der Waals surface area contributed by atoms with E-state index in [4.69, 9.17) is 39.5 Å². The Morgan fingerprint density at radius 1 is 1.22 bits per heavy atom. The van der Waals surface area contributed by atoms with Crippen molar-refractivity contribution in [2.24, 2.45) is 0 Å². The number of benzene rings is 1. The molecule has 5 heteroatoms. The molecule has 1 unspecified atom stereocenters. The van der Waals surface area contributed by atoms with Crippen LogP contribution in [-0.4, -0.2) is 18.0 Å². The first-order valence-corrected chi connectivity index (χ1v) is 9.50. The molecule has 0 aliphatic heterocycles. The van der Waals surface area contributed by atoms with Crippen LogP contribution in [-0.2, 0) is 16.0 Å². The van der Waals surface area contributed by atoms with Gasteiger partial charge in [-0.25, -0.2) is 0 Å². The van der Waals surface area contributed by atoms with Crippen LogP contribution in [0.15, 0.2) is 12.1 Å². The van der Waals surface area contributed by atoms with E-state index in [0.29, 0.717) is 29.0 Å². The van der Waals surface area contributed by atoms with Gasteiger partial charge in [-0.15, -0.1) is 11.6 Å². The summed E-state index contributed by atoms with van der Waals surface area (Å²) in [6, 6.07) is 3.78. The molecule has 0 amide bonds. The summed E-state index contributed by atoms with van der Waals surface area (Å²) in [5.41, 5.74) is 1.92. The van der Waals surface area contributed by atoms with Gasteiger partial charge in [-0.05, 0) is 54.9 Å². The van der Waals surface area contributed by atoms with Gasteiger partial charge < -0.3 is 4.74 Å². The monoisotopic (exact) mass is 376 g/mol. The van der Waals surface area contributed by atoms with Crippen LogP contribution < -0.4 is 0 Å². The first kappa shape index (κ1) is 18.9. The number of hydrogen-bond donors (Lipinski definition) is 0. The number of ether oxygens (including phenoxy) is 1. The normalized spacial score (nSPS) is 17.0. The highest BCUT2D eigenvalue weighted by Crippen LogP contribution is 2.40. The molecule has 0 heterocycles. The SMILES string of the molecule is CCCOC(=O)C(Cl)Cc1cc(Cl)c(C2CCCCC2)c(Cl)c1. The first-order valence-electron chi connectivity index (χ1n) is 8.31. The second-order valence-electron chi connectivity index (χ2n) is 6.15. The minimum absolute atomic E-state index is 0.370. The van der Waals surface area contributed by atoms with E-state index in [9.17, 15) is 4.79 Å². The van der Waals surface area contributed by atoms with E-state index in [1.807, 2.05) is 19.1 Å². The van der Waals surface area contributed by atoms with Gasteiger partial charge in [0.15, 0.2) is 0 Å². The third-order valence-corrected chi connectivity index (χ3v) is 5.23. The molecule has 2 nitrogen and oxygen atoms in total. The van der Waals surface area contributed by atoms with E-state index >= 15 is 0 Å². The van der Waals surface area contributed by atoms with Crippen molar-refractivity contribution in [2.45, 2.75) is 63.2 Å². The summed E-state index contributed by atoms with van der Waals surface area (Å²) in [7, 11) is 0. The lowest BCUT2D eigenvalue weighted by molar-refractivity contribution is -0.143. The fourth-order valence-electron chi connectivity index (χ4n) is 3.12. The highest BCUT2D eigenvalue weighted by molar-refractivity contribution is 6.36. The van der Waals surface area contributed by atoms with Crippen molar-refractivity contribution in [3.63, 3.8) is 0 Å². The molecule has 1 aliphatic rings. The minimum atomic E-state index is -0.714. The molecule has 2 rings (SSSR count). The maximum atomic E-state index is 11.8. The van der Waals surface area contributed by atoms with Gasteiger partial charge in [-0.3, -0.25) is 4.79 Å². The van der Waals surface area contributed by atoms with Crippen molar-refractivity contribution in [3.05, 3.63) is 33.3 Å². The van der Waals surface area contributed by atoms with Gasteiger partial charge in [0.25, 0.3) is 0 Å². The summed E-state index contributed by atoms with van der Waals surface area (Å²) in [6.45, 7) is 2.34. The summed E-state index contributed by atoms with van der Waals surface area (Å²) >= 11 is 19.1. The number of carbonyl (C=O) groups is 1. The van der Waals surface area contributed by atoms with Crippen LogP contribution in [0.4, 0.5) is 0 Å². The molecule has 1 aromatic rings. The molecular weight excluding hydrogens is 355 g/mol. The highest BCUT2D eigenvalue weighted by Gasteiger charge is 2.23. The van der Waals surface area contributed by atoms with Crippen LogP contribution in [0.3, 0.4) is 0 Å². The quantitative estimate of drug-likeness (QED) is 0.439. The third-order valence-electron chi connectivity index (χ3n) is 4.27. The fraction of sp³-hybridized carbons (Fsp3) is 0.611. The number of carbonyl (C=O) groups excluding carboxylic acids is 1. The van der Waals surface area contributed by atoms with Gasteiger partial charge in [0.2, 0.25) is 0 Å². The molecular formula is C18H23Cl3O2. The minimum Gasteiger partial charge on any atom is -0.465 e. The van der Waals surface area contributed by atoms with Crippen LogP contribution in [0.1, 0.15) is 62.5 Å². The van der Waals surface area contributed by atoms with E-state index in [1.54, 1.807) is 0 Å². The average Bonchev–Trinajstić information content (AvgIpc) is 2.52. The Hall–Kier alpha value is -0.440. The summed E-state index contributed by atoms with van der Waals surface area (Å²) in [6.07, 6.45) is 7.17. The lowest BCUT2D eigenvalue weighted by Gasteiger charge is -2.24. The smallest absolute Gasteiger partial charge is 0.324 e. The lowest BCUT2D eigenvalue weighted by Crippen LogP contribution is -2.20. The lowest BCUT2D eigenvalue weighted by atomic mass is 9.83. The van der Waals surface area contributed by atoms with E-state index in [1.165, 1.54) is 19.3 Å². The second kappa shape index (κ2) is 9.15. The fourth-order valence-corrected chi connectivity index (χ4v) is 4.20. The summed E-state index contributed by atoms with van der Waals surface area (Å²) in [5, 5.41) is 0.657. The Balaban J connectivity index is 2.08. The van der Waals surface area contributed by atoms with Crippen LogP contribution in [0, 0.1) is 0 Å². The van der Waals surface area contributed by atoms with Crippen LogP contribution in [0.25, 0.3) is 0 Å². The van der Waals surface area contributed by atoms with Gasteiger partial charge in [-0.2, -0.15) is 0 Å². The molecule has 0 N–H and O–H groups in total. The van der Waals surface area contributed by atoms with E-state index in [0.717, 1.165) is 30.4 Å². The van der Waals surface area contributed by atoms with Crippen molar-refractivity contribution in [3.8, 4) is 0 Å². The maximum absolute atomic E-state index is 11.8. The van der Waals surface area contributed by atoms with Gasteiger partial charge in [0.05, 0.1) is 6.61 Å². The van der Waals surface area contributed by atoms with Crippen LogP contribution in [0.5, 0.6) is 0 Å². The molecule has 1 atom stereocenters. The number of rotatable bonds is 6. The molecule has 1 aliphatic carbocycles.